The molecule has 7 heteroatoms. The molecule has 0 aromatic rings. The van der Waals surface area contributed by atoms with Gasteiger partial charge in [0.25, 0.3) is 0 Å². The Morgan fingerprint density at radius 1 is 1.00 bits per heavy atom. The van der Waals surface area contributed by atoms with Gasteiger partial charge in [-0.25, -0.2) is 4.99 Å². The fraction of sp³-hybridized carbons (Fsp3) is 0.895. The molecule has 0 radical (unpaired) electrons. The maximum absolute atomic E-state index is 12.2. The minimum Gasteiger partial charge on any atom is -0.357 e. The summed E-state index contributed by atoms with van der Waals surface area (Å²) in [6.45, 7) is 17.2. The van der Waals surface area contributed by atoms with Crippen LogP contribution in [0.2, 0.25) is 0 Å². The third kappa shape index (κ3) is 7.11. The molecule has 2 N–H and O–H groups in total. The summed E-state index contributed by atoms with van der Waals surface area (Å²) in [7, 11) is 0. The molecule has 1 unspecified atom stereocenters. The molecule has 0 aromatic heterocycles. The topological polar surface area (TPSA) is 63.2 Å². The van der Waals surface area contributed by atoms with Crippen LogP contribution in [-0.2, 0) is 4.79 Å². The molecule has 7 nitrogen and oxygen atoms in total. The molecular weight excluding hydrogens is 328 g/mol. The van der Waals surface area contributed by atoms with Gasteiger partial charge in [-0.1, -0.05) is 13.8 Å². The van der Waals surface area contributed by atoms with Crippen LogP contribution < -0.4 is 10.6 Å². The minimum absolute atomic E-state index is 0.140. The van der Waals surface area contributed by atoms with Crippen molar-refractivity contribution < 1.29 is 4.79 Å². The first-order valence-corrected chi connectivity index (χ1v) is 10.4. The van der Waals surface area contributed by atoms with Gasteiger partial charge < -0.3 is 25.3 Å². The zero-order valence-corrected chi connectivity index (χ0v) is 17.0. The van der Waals surface area contributed by atoms with E-state index in [4.69, 9.17) is 0 Å². The zero-order valence-electron chi connectivity index (χ0n) is 17.0. The number of guanidine groups is 1. The number of piperazine rings is 1. The first kappa shape index (κ1) is 21.0. The second-order valence-corrected chi connectivity index (χ2v) is 7.50. The maximum Gasteiger partial charge on any atom is 0.244 e. The van der Waals surface area contributed by atoms with E-state index in [0.29, 0.717) is 5.92 Å². The van der Waals surface area contributed by atoms with Crippen molar-refractivity contribution in [1.29, 1.82) is 0 Å². The Kier molecular flexibility index (Phi) is 9.18. The summed E-state index contributed by atoms with van der Waals surface area (Å²) in [5.41, 5.74) is 0. The van der Waals surface area contributed by atoms with Crippen molar-refractivity contribution in [3.8, 4) is 0 Å². The summed E-state index contributed by atoms with van der Waals surface area (Å²) in [4.78, 5) is 23.6. The predicted octanol–water partition coefficient (Wildman–Crippen LogP) is 0.438. The lowest BCUT2D eigenvalue weighted by Crippen LogP contribution is -2.48. The van der Waals surface area contributed by atoms with Crippen molar-refractivity contribution in [3.05, 3.63) is 0 Å². The van der Waals surface area contributed by atoms with Crippen LogP contribution in [0, 0.1) is 5.92 Å². The van der Waals surface area contributed by atoms with Crippen molar-refractivity contribution in [2.24, 2.45) is 10.9 Å². The average molecular weight is 367 g/mol. The van der Waals surface area contributed by atoms with Crippen molar-refractivity contribution >= 4 is 11.9 Å². The molecule has 26 heavy (non-hydrogen) atoms. The second kappa shape index (κ2) is 11.4. The van der Waals surface area contributed by atoms with E-state index in [1.807, 2.05) is 4.90 Å². The average Bonchev–Trinajstić information content (AvgIpc) is 3.19. The molecular formula is C19H38N6O. The molecule has 2 saturated heterocycles. The van der Waals surface area contributed by atoms with Gasteiger partial charge in [-0.05, 0) is 32.2 Å². The Bertz CT molecular complexity index is 441. The van der Waals surface area contributed by atoms with E-state index in [9.17, 15) is 4.79 Å². The van der Waals surface area contributed by atoms with Gasteiger partial charge in [0, 0.05) is 58.9 Å². The van der Waals surface area contributed by atoms with Gasteiger partial charge in [-0.2, -0.15) is 0 Å². The lowest BCUT2D eigenvalue weighted by molar-refractivity contribution is -0.128. The number of hydrogen-bond acceptors (Lipinski definition) is 4. The predicted molar refractivity (Wildman–Crippen MR) is 108 cm³/mol. The van der Waals surface area contributed by atoms with Crippen molar-refractivity contribution in [2.45, 2.75) is 33.6 Å². The number of rotatable bonds is 8. The molecule has 0 aliphatic carbocycles. The van der Waals surface area contributed by atoms with Gasteiger partial charge in [-0.3, -0.25) is 4.79 Å². The monoisotopic (exact) mass is 366 g/mol. The van der Waals surface area contributed by atoms with Crippen molar-refractivity contribution in [2.75, 3.05) is 72.0 Å². The summed E-state index contributed by atoms with van der Waals surface area (Å²) in [6, 6.07) is 0. The highest BCUT2D eigenvalue weighted by atomic mass is 16.2. The van der Waals surface area contributed by atoms with Crippen LogP contribution in [0.5, 0.6) is 0 Å². The summed E-state index contributed by atoms with van der Waals surface area (Å²) >= 11 is 0. The Labute approximate surface area is 159 Å². The van der Waals surface area contributed by atoms with Gasteiger partial charge in [0.15, 0.2) is 5.96 Å². The Balaban J connectivity index is 1.70. The molecule has 0 saturated carbocycles. The highest BCUT2D eigenvalue weighted by molar-refractivity contribution is 5.85. The molecule has 2 rings (SSSR count). The molecule has 150 valence electrons. The summed E-state index contributed by atoms with van der Waals surface area (Å²) < 4.78 is 0. The van der Waals surface area contributed by atoms with Gasteiger partial charge >= 0.3 is 0 Å². The van der Waals surface area contributed by atoms with E-state index in [1.165, 1.54) is 13.1 Å². The lowest BCUT2D eigenvalue weighted by atomic mass is 10.1. The largest absolute Gasteiger partial charge is 0.357 e. The van der Waals surface area contributed by atoms with Crippen LogP contribution in [0.4, 0.5) is 0 Å². The molecule has 0 bridgehead atoms. The molecule has 0 spiro atoms. The number of likely N-dealkylation sites (N-methyl/N-ethyl adjacent to an activating group) is 1. The van der Waals surface area contributed by atoms with E-state index in [2.05, 4.69) is 46.2 Å². The first-order valence-electron chi connectivity index (χ1n) is 10.4. The molecule has 1 atom stereocenters. The first-order chi connectivity index (χ1) is 12.6. The zero-order chi connectivity index (χ0) is 18.8. The third-order valence-corrected chi connectivity index (χ3v) is 5.28. The van der Waals surface area contributed by atoms with Crippen LogP contribution in [0.1, 0.15) is 33.6 Å². The number of hydrogen-bond donors (Lipinski definition) is 2. The number of nitrogens with zero attached hydrogens (tertiary/aromatic N) is 4. The smallest absolute Gasteiger partial charge is 0.244 e. The molecule has 2 fully saturated rings. The fourth-order valence-electron chi connectivity index (χ4n) is 3.62. The third-order valence-electron chi connectivity index (χ3n) is 5.28. The van der Waals surface area contributed by atoms with E-state index in [1.54, 1.807) is 0 Å². The summed E-state index contributed by atoms with van der Waals surface area (Å²) in [6.07, 6.45) is 2.25. The molecule has 2 aliphatic heterocycles. The van der Waals surface area contributed by atoms with Gasteiger partial charge in [0.2, 0.25) is 5.91 Å². The van der Waals surface area contributed by atoms with Gasteiger partial charge in [0.1, 0.15) is 6.54 Å². The van der Waals surface area contributed by atoms with E-state index in [0.717, 1.165) is 71.2 Å². The highest BCUT2D eigenvalue weighted by Gasteiger charge is 2.18. The maximum atomic E-state index is 12.2. The Morgan fingerprint density at radius 2 is 1.65 bits per heavy atom. The van der Waals surface area contributed by atoms with Gasteiger partial charge in [-0.15, -0.1) is 0 Å². The SMILES string of the molecule is CCNC(=NCC(=O)N1CCCC1)NCC(C)CN1CCN(CC)CC1. The van der Waals surface area contributed by atoms with Crippen LogP contribution in [0.3, 0.4) is 0 Å². The Morgan fingerprint density at radius 3 is 2.27 bits per heavy atom. The van der Waals surface area contributed by atoms with Crippen molar-refractivity contribution in [1.82, 2.24) is 25.3 Å². The van der Waals surface area contributed by atoms with Crippen LogP contribution >= 0.6 is 0 Å². The van der Waals surface area contributed by atoms with Crippen LogP contribution in [0.25, 0.3) is 0 Å². The minimum atomic E-state index is 0.140. The van der Waals surface area contributed by atoms with Crippen LogP contribution in [-0.4, -0.2) is 98.6 Å². The second-order valence-electron chi connectivity index (χ2n) is 7.50. The van der Waals surface area contributed by atoms with Crippen LogP contribution in [0.15, 0.2) is 4.99 Å². The Hall–Kier alpha value is -1.34. The van der Waals surface area contributed by atoms with E-state index >= 15 is 0 Å². The molecule has 2 aliphatic rings. The standard InChI is InChI=1S/C19H38N6O/c1-4-20-19(22-15-18(26)25-8-6-7-9-25)21-14-17(3)16-24-12-10-23(5-2)11-13-24/h17H,4-16H2,1-3H3,(H2,20,21,22). The molecule has 2 heterocycles. The van der Waals surface area contributed by atoms with E-state index < -0.39 is 0 Å². The highest BCUT2D eigenvalue weighted by Crippen LogP contribution is 2.07. The number of likely N-dealkylation sites (tertiary alicyclic amines) is 1. The number of amides is 1. The summed E-state index contributed by atoms with van der Waals surface area (Å²) in [5.74, 6) is 1.44. The summed E-state index contributed by atoms with van der Waals surface area (Å²) in [5, 5.41) is 6.66. The fourth-order valence-corrected chi connectivity index (χ4v) is 3.62. The number of aliphatic imine (C=N–C) groups is 1. The molecule has 1 amide bonds. The van der Waals surface area contributed by atoms with Crippen molar-refractivity contribution in [3.63, 3.8) is 0 Å². The van der Waals surface area contributed by atoms with Gasteiger partial charge in [0.05, 0.1) is 0 Å². The normalized spacial score (nSPS) is 21.0. The molecule has 0 aromatic carbocycles. The number of nitrogens with one attached hydrogen (secondary N) is 2. The lowest BCUT2D eigenvalue weighted by Gasteiger charge is -2.35. The van der Waals surface area contributed by atoms with E-state index in [-0.39, 0.29) is 12.5 Å². The number of carbonyl (C=O) groups is 1. The quantitative estimate of drug-likeness (QED) is 0.482. The number of carbonyl (C=O) groups excluding carboxylic acids is 1.